The SMILES string of the molecule is CC(c1cc(N(C)C)c(F)c(C(F)(F)F)c1)N1C[C@H]2N(C(=O)CN(C)N2C(=O)NCc2ccccc2)[C@@H](Cc2ccc(O)cc2)C1=O. The highest BCUT2D eigenvalue weighted by molar-refractivity contribution is 5.92. The number of carbonyl (C=O) groups excluding carboxylic acids is 3. The smallest absolute Gasteiger partial charge is 0.419 e. The Bertz CT molecular complexity index is 1640. The number of nitrogens with one attached hydrogen (secondary N) is 1. The number of piperazine rings is 1. The van der Waals surface area contributed by atoms with E-state index in [-0.39, 0.29) is 43.1 Å². The largest absolute Gasteiger partial charge is 0.508 e. The lowest BCUT2D eigenvalue weighted by atomic mass is 9.95. The molecule has 0 radical (unpaired) electrons. The molecule has 2 aliphatic rings. The maximum atomic E-state index is 15.0. The molecule has 0 saturated carbocycles. The summed E-state index contributed by atoms with van der Waals surface area (Å²) in [4.78, 5) is 45.5. The fraction of sp³-hybridized carbons (Fsp3) is 0.364. The Balaban J connectivity index is 1.56. The van der Waals surface area contributed by atoms with E-state index in [9.17, 15) is 37.1 Å². The van der Waals surface area contributed by atoms with Gasteiger partial charge in [-0.15, -0.1) is 0 Å². The van der Waals surface area contributed by atoms with Gasteiger partial charge in [0.25, 0.3) is 0 Å². The topological polar surface area (TPSA) is 99.7 Å². The molecule has 2 aliphatic heterocycles. The van der Waals surface area contributed by atoms with Gasteiger partial charge in [-0.05, 0) is 47.9 Å². The number of likely N-dealkylation sites (N-methyl/N-ethyl adjacent to an activating group) is 1. The first-order valence-corrected chi connectivity index (χ1v) is 15.0. The highest BCUT2D eigenvalue weighted by Gasteiger charge is 2.51. The van der Waals surface area contributed by atoms with Crippen LogP contribution in [0, 0.1) is 5.82 Å². The first-order chi connectivity index (χ1) is 22.2. The van der Waals surface area contributed by atoms with Crippen LogP contribution in [0.25, 0.3) is 0 Å². The number of phenols is 1. The number of hydrazine groups is 1. The minimum atomic E-state index is -5.00. The zero-order valence-electron chi connectivity index (χ0n) is 26.3. The maximum Gasteiger partial charge on any atom is 0.419 e. The number of phenolic OH excluding ortho intramolecular Hbond substituents is 1. The Morgan fingerprint density at radius 2 is 1.70 bits per heavy atom. The monoisotopic (exact) mass is 656 g/mol. The van der Waals surface area contributed by atoms with E-state index in [4.69, 9.17) is 0 Å². The summed E-state index contributed by atoms with van der Waals surface area (Å²) in [6.45, 7) is 1.29. The van der Waals surface area contributed by atoms with Gasteiger partial charge in [0, 0.05) is 34.1 Å². The Morgan fingerprint density at radius 1 is 1.04 bits per heavy atom. The molecule has 250 valence electrons. The molecule has 2 N–H and O–H groups in total. The molecule has 3 aromatic rings. The molecule has 47 heavy (non-hydrogen) atoms. The van der Waals surface area contributed by atoms with Crippen molar-refractivity contribution in [3.8, 4) is 5.75 Å². The number of alkyl halides is 3. The lowest BCUT2D eigenvalue weighted by Crippen LogP contribution is -2.76. The number of hydrogen-bond donors (Lipinski definition) is 2. The van der Waals surface area contributed by atoms with Crippen molar-refractivity contribution in [2.24, 2.45) is 0 Å². The third-order valence-electron chi connectivity index (χ3n) is 8.56. The average Bonchev–Trinajstić information content (AvgIpc) is 3.01. The second kappa shape index (κ2) is 13.1. The summed E-state index contributed by atoms with van der Waals surface area (Å²) in [6.07, 6.45) is -6.01. The van der Waals surface area contributed by atoms with E-state index < -0.39 is 53.7 Å². The number of anilines is 1. The minimum absolute atomic E-state index is 0.00209. The number of halogens is 4. The van der Waals surface area contributed by atoms with E-state index in [1.54, 1.807) is 19.2 Å². The number of hydrogen-bond acceptors (Lipinski definition) is 6. The highest BCUT2D eigenvalue weighted by atomic mass is 19.4. The van der Waals surface area contributed by atoms with Crippen molar-refractivity contribution in [3.05, 3.63) is 94.8 Å². The van der Waals surface area contributed by atoms with Crippen LogP contribution in [-0.2, 0) is 28.7 Å². The second-order valence-electron chi connectivity index (χ2n) is 11.9. The fourth-order valence-corrected chi connectivity index (χ4v) is 6.11. The lowest BCUT2D eigenvalue weighted by molar-refractivity contribution is -0.189. The molecular formula is C33H36F4N6O4. The first-order valence-electron chi connectivity index (χ1n) is 15.0. The number of aromatic hydroxyl groups is 1. The quantitative estimate of drug-likeness (QED) is 0.367. The summed E-state index contributed by atoms with van der Waals surface area (Å²) in [5, 5.41) is 15.4. The number of fused-ring (bicyclic) bond motifs is 1. The third-order valence-corrected chi connectivity index (χ3v) is 8.56. The summed E-state index contributed by atoms with van der Waals surface area (Å²) >= 11 is 0. The van der Waals surface area contributed by atoms with Crippen molar-refractivity contribution >= 4 is 23.5 Å². The Hall–Kier alpha value is -4.85. The van der Waals surface area contributed by atoms with Gasteiger partial charge >= 0.3 is 12.2 Å². The minimum Gasteiger partial charge on any atom is -0.508 e. The van der Waals surface area contributed by atoms with Crippen LogP contribution in [-0.4, -0.2) is 89.2 Å². The van der Waals surface area contributed by atoms with Gasteiger partial charge in [0.15, 0.2) is 5.82 Å². The number of urea groups is 1. The van der Waals surface area contributed by atoms with Crippen LogP contribution in [0.15, 0.2) is 66.7 Å². The van der Waals surface area contributed by atoms with Crippen molar-refractivity contribution in [2.75, 3.05) is 39.1 Å². The zero-order chi connectivity index (χ0) is 34.2. The van der Waals surface area contributed by atoms with Gasteiger partial charge in [0.2, 0.25) is 11.8 Å². The number of benzene rings is 3. The zero-order valence-corrected chi connectivity index (χ0v) is 26.3. The van der Waals surface area contributed by atoms with E-state index in [1.165, 1.54) is 63.9 Å². The fourth-order valence-electron chi connectivity index (χ4n) is 6.11. The molecule has 10 nitrogen and oxygen atoms in total. The maximum absolute atomic E-state index is 15.0. The Labute approximate surface area is 269 Å². The summed E-state index contributed by atoms with van der Waals surface area (Å²) in [6, 6.07) is 14.5. The highest BCUT2D eigenvalue weighted by Crippen LogP contribution is 2.39. The predicted molar refractivity (Wildman–Crippen MR) is 165 cm³/mol. The van der Waals surface area contributed by atoms with E-state index in [0.29, 0.717) is 11.6 Å². The lowest BCUT2D eigenvalue weighted by Gasteiger charge is -2.55. The van der Waals surface area contributed by atoms with Crippen molar-refractivity contribution in [3.63, 3.8) is 0 Å². The van der Waals surface area contributed by atoms with Crippen LogP contribution >= 0.6 is 0 Å². The van der Waals surface area contributed by atoms with Crippen LogP contribution in [0.5, 0.6) is 5.75 Å². The summed E-state index contributed by atoms with van der Waals surface area (Å²) in [5.41, 5.74) is -0.295. The van der Waals surface area contributed by atoms with Gasteiger partial charge in [0.05, 0.1) is 30.4 Å². The Kier molecular flexibility index (Phi) is 9.34. The average molecular weight is 657 g/mol. The summed E-state index contributed by atoms with van der Waals surface area (Å²) < 4.78 is 56.9. The van der Waals surface area contributed by atoms with Crippen LogP contribution < -0.4 is 10.2 Å². The van der Waals surface area contributed by atoms with E-state index in [1.807, 2.05) is 30.3 Å². The van der Waals surface area contributed by atoms with Gasteiger partial charge in [0.1, 0.15) is 18.0 Å². The van der Waals surface area contributed by atoms with Crippen molar-refractivity contribution < 1.29 is 37.1 Å². The van der Waals surface area contributed by atoms with Crippen molar-refractivity contribution in [1.82, 2.24) is 25.1 Å². The van der Waals surface area contributed by atoms with Gasteiger partial charge in [-0.1, -0.05) is 42.5 Å². The van der Waals surface area contributed by atoms with Crippen molar-refractivity contribution in [2.45, 2.75) is 44.3 Å². The normalized spacial score (nSPS) is 19.4. The number of carbonyl (C=O) groups is 3. The number of amides is 4. The van der Waals surface area contributed by atoms with Crippen LogP contribution in [0.2, 0.25) is 0 Å². The molecule has 3 atom stereocenters. The van der Waals surface area contributed by atoms with Gasteiger partial charge in [-0.3, -0.25) is 9.59 Å². The molecule has 2 heterocycles. The van der Waals surface area contributed by atoms with Crippen LogP contribution in [0.3, 0.4) is 0 Å². The second-order valence-corrected chi connectivity index (χ2v) is 11.9. The molecule has 3 aromatic carbocycles. The molecule has 0 bridgehead atoms. The third kappa shape index (κ3) is 6.82. The molecule has 2 saturated heterocycles. The molecular weight excluding hydrogens is 620 g/mol. The molecule has 0 aromatic heterocycles. The van der Waals surface area contributed by atoms with Gasteiger partial charge in [-0.2, -0.15) is 13.2 Å². The molecule has 4 amide bonds. The van der Waals surface area contributed by atoms with Crippen LogP contribution in [0.1, 0.15) is 35.2 Å². The molecule has 0 aliphatic carbocycles. The molecule has 1 unspecified atom stereocenters. The van der Waals surface area contributed by atoms with E-state index in [2.05, 4.69) is 5.32 Å². The van der Waals surface area contributed by atoms with E-state index in [0.717, 1.165) is 5.56 Å². The number of rotatable bonds is 7. The van der Waals surface area contributed by atoms with Crippen LogP contribution in [0.4, 0.5) is 28.0 Å². The van der Waals surface area contributed by atoms with Gasteiger partial charge < -0.3 is 25.1 Å². The molecule has 14 heteroatoms. The van der Waals surface area contributed by atoms with Crippen molar-refractivity contribution in [1.29, 1.82) is 0 Å². The first kappa shape index (κ1) is 33.5. The standard InChI is InChI=1S/C33H36F4N6O4/c1-20(23-15-25(33(35,36)37)30(34)26(16-23)39(2)3)41-18-28-42(27(31(41)46)14-21-10-12-24(44)13-11-21)29(45)19-40(4)43(28)32(47)38-17-22-8-6-5-7-9-22/h5-13,15-16,20,27-28,44H,14,17-19H2,1-4H3,(H,38,47)/t20?,27-,28-/m0/s1. The summed E-state index contributed by atoms with van der Waals surface area (Å²) in [5.74, 6) is -2.39. The van der Waals surface area contributed by atoms with E-state index >= 15 is 0 Å². The summed E-state index contributed by atoms with van der Waals surface area (Å²) in [7, 11) is 4.40. The molecule has 0 spiro atoms. The molecule has 5 rings (SSSR count). The predicted octanol–water partition coefficient (Wildman–Crippen LogP) is 4.36. The Morgan fingerprint density at radius 3 is 2.32 bits per heavy atom. The molecule has 2 fully saturated rings. The van der Waals surface area contributed by atoms with Gasteiger partial charge in [-0.25, -0.2) is 19.2 Å². The number of nitrogens with zero attached hydrogens (tertiary/aromatic N) is 5.